The number of anilines is 1. The maximum absolute atomic E-state index is 13.8. The average molecular weight is 569 g/mol. The molecule has 11 nitrogen and oxygen atoms in total. The van der Waals surface area contributed by atoms with E-state index < -0.39 is 44.9 Å². The molecule has 0 aliphatic carbocycles. The molecule has 0 spiro atoms. The summed E-state index contributed by atoms with van der Waals surface area (Å²) in [6, 6.07) is 9.23. The second-order valence-corrected chi connectivity index (χ2v) is 12.0. The van der Waals surface area contributed by atoms with E-state index in [0.29, 0.717) is 10.6 Å². The van der Waals surface area contributed by atoms with Gasteiger partial charge in [0.1, 0.15) is 24.0 Å². The molecule has 0 bridgehead atoms. The van der Waals surface area contributed by atoms with Crippen molar-refractivity contribution in [3.8, 4) is 5.75 Å². The minimum atomic E-state index is -4.12. The fraction of sp³-hybridized carbons (Fsp3) is 0.440. The molecule has 0 saturated carbocycles. The van der Waals surface area contributed by atoms with Crippen LogP contribution in [0.4, 0.5) is 11.4 Å². The molecule has 208 valence electrons. The van der Waals surface area contributed by atoms with Gasteiger partial charge >= 0.3 is 0 Å². The lowest BCUT2D eigenvalue weighted by Crippen LogP contribution is -2.55. The summed E-state index contributed by atoms with van der Waals surface area (Å²) in [5, 5.41) is 14.7. The number of carbonyl (C=O) groups excluding carboxylic acids is 2. The molecular weight excluding hydrogens is 536 g/mol. The Morgan fingerprint density at radius 3 is 2.24 bits per heavy atom. The van der Waals surface area contributed by atoms with Crippen molar-refractivity contribution in [1.29, 1.82) is 0 Å². The Bertz CT molecular complexity index is 1280. The van der Waals surface area contributed by atoms with Gasteiger partial charge in [0.25, 0.3) is 5.69 Å². The number of halogens is 1. The van der Waals surface area contributed by atoms with Gasteiger partial charge < -0.3 is 15.0 Å². The highest BCUT2D eigenvalue weighted by Gasteiger charge is 2.34. The van der Waals surface area contributed by atoms with E-state index in [2.05, 4.69) is 5.32 Å². The van der Waals surface area contributed by atoms with Gasteiger partial charge in [-0.05, 0) is 51.0 Å². The van der Waals surface area contributed by atoms with Gasteiger partial charge in [-0.1, -0.05) is 30.7 Å². The van der Waals surface area contributed by atoms with Crippen LogP contribution < -0.4 is 14.4 Å². The SMILES string of the molecule is CCC(C(=O)NC(C)(C)C)N(Cc1ccc(Cl)cc1)C(=O)CN(c1cc([N+](=O)[O-])ccc1OC)S(C)(=O)=O. The first-order valence-electron chi connectivity index (χ1n) is 11.7. The van der Waals surface area contributed by atoms with Gasteiger partial charge in [0.2, 0.25) is 21.8 Å². The zero-order chi connectivity index (χ0) is 28.8. The summed E-state index contributed by atoms with van der Waals surface area (Å²) >= 11 is 6.00. The van der Waals surface area contributed by atoms with Crippen LogP contribution in [0.3, 0.4) is 0 Å². The molecule has 1 N–H and O–H groups in total. The van der Waals surface area contributed by atoms with E-state index in [1.165, 1.54) is 24.1 Å². The Morgan fingerprint density at radius 1 is 1.16 bits per heavy atom. The van der Waals surface area contributed by atoms with Gasteiger partial charge in [0.05, 0.1) is 18.3 Å². The topological polar surface area (TPSA) is 139 Å². The Labute approximate surface area is 227 Å². The fourth-order valence-electron chi connectivity index (χ4n) is 3.74. The van der Waals surface area contributed by atoms with Crippen LogP contribution in [0.2, 0.25) is 5.02 Å². The zero-order valence-electron chi connectivity index (χ0n) is 22.2. The second kappa shape index (κ2) is 12.4. The van der Waals surface area contributed by atoms with Crippen molar-refractivity contribution in [2.75, 3.05) is 24.2 Å². The third-order valence-corrected chi connectivity index (χ3v) is 6.85. The highest BCUT2D eigenvalue weighted by atomic mass is 35.5. The molecule has 2 rings (SSSR count). The number of carbonyl (C=O) groups is 2. The van der Waals surface area contributed by atoms with Gasteiger partial charge in [-0.25, -0.2) is 8.42 Å². The Morgan fingerprint density at radius 2 is 1.76 bits per heavy atom. The van der Waals surface area contributed by atoms with Crippen molar-refractivity contribution < 1.29 is 27.7 Å². The normalized spacial score (nSPS) is 12.4. The minimum absolute atomic E-state index is 0.00422. The van der Waals surface area contributed by atoms with Crippen molar-refractivity contribution in [2.45, 2.75) is 52.2 Å². The predicted octanol–water partition coefficient (Wildman–Crippen LogP) is 3.74. The molecule has 0 saturated heterocycles. The molecule has 0 fully saturated rings. The van der Waals surface area contributed by atoms with Gasteiger partial charge in [-0.15, -0.1) is 0 Å². The second-order valence-electron chi connectivity index (χ2n) is 9.69. The van der Waals surface area contributed by atoms with Gasteiger partial charge in [0, 0.05) is 29.2 Å². The Kier molecular flexibility index (Phi) is 10.1. The van der Waals surface area contributed by atoms with Crippen LogP contribution in [0.5, 0.6) is 5.75 Å². The standard InChI is InChI=1S/C25H33ClN4O7S/c1-7-20(24(32)27-25(2,3)4)28(15-17-8-10-18(26)11-9-17)23(31)16-29(38(6,35)36)21-14-19(30(33)34)12-13-22(21)37-5/h8-14,20H,7,15-16H2,1-6H3,(H,27,32). The zero-order valence-corrected chi connectivity index (χ0v) is 23.8. The molecule has 1 atom stereocenters. The molecule has 0 aromatic heterocycles. The van der Waals surface area contributed by atoms with Crippen LogP contribution in [0.1, 0.15) is 39.7 Å². The number of hydrogen-bond donors (Lipinski definition) is 1. The summed E-state index contributed by atoms with van der Waals surface area (Å²) in [6.45, 7) is 6.45. The lowest BCUT2D eigenvalue weighted by atomic mass is 10.1. The monoisotopic (exact) mass is 568 g/mol. The molecule has 13 heteroatoms. The smallest absolute Gasteiger partial charge is 0.271 e. The first-order valence-corrected chi connectivity index (χ1v) is 14.0. The molecule has 0 aliphatic rings. The Balaban J connectivity index is 2.57. The number of methoxy groups -OCH3 is 1. The third kappa shape index (κ3) is 8.32. The number of amides is 2. The molecule has 0 heterocycles. The van der Waals surface area contributed by atoms with E-state index in [-0.39, 0.29) is 30.1 Å². The van der Waals surface area contributed by atoms with Gasteiger partial charge in [-0.3, -0.25) is 24.0 Å². The van der Waals surface area contributed by atoms with E-state index >= 15 is 0 Å². The first kappa shape index (κ1) is 30.8. The average Bonchev–Trinajstić information content (AvgIpc) is 2.81. The van der Waals surface area contributed by atoms with Crippen molar-refractivity contribution in [1.82, 2.24) is 10.2 Å². The molecule has 2 aromatic carbocycles. The maximum atomic E-state index is 13.8. The summed E-state index contributed by atoms with van der Waals surface area (Å²) in [5.74, 6) is -1.06. The van der Waals surface area contributed by atoms with Crippen molar-refractivity contribution in [3.63, 3.8) is 0 Å². The van der Waals surface area contributed by atoms with E-state index in [9.17, 15) is 28.1 Å². The molecule has 2 aromatic rings. The number of ether oxygens (including phenoxy) is 1. The molecule has 0 aliphatic heterocycles. The van der Waals surface area contributed by atoms with Crippen LogP contribution in [0.25, 0.3) is 0 Å². The highest BCUT2D eigenvalue weighted by Crippen LogP contribution is 2.34. The quantitative estimate of drug-likeness (QED) is 0.322. The van der Waals surface area contributed by atoms with Crippen LogP contribution in [0, 0.1) is 10.1 Å². The van der Waals surface area contributed by atoms with Crippen LogP contribution >= 0.6 is 11.6 Å². The van der Waals surface area contributed by atoms with Gasteiger partial charge in [-0.2, -0.15) is 0 Å². The fourth-order valence-corrected chi connectivity index (χ4v) is 4.71. The number of nitro groups is 1. The van der Waals surface area contributed by atoms with Crippen molar-refractivity contribution in [2.24, 2.45) is 0 Å². The number of nitro benzene ring substituents is 1. The molecule has 0 radical (unpaired) electrons. The van der Waals surface area contributed by atoms with Crippen LogP contribution in [0.15, 0.2) is 42.5 Å². The van der Waals surface area contributed by atoms with E-state index in [1.807, 2.05) is 20.8 Å². The molecule has 2 amide bonds. The lowest BCUT2D eigenvalue weighted by Gasteiger charge is -2.34. The highest BCUT2D eigenvalue weighted by molar-refractivity contribution is 7.92. The van der Waals surface area contributed by atoms with Gasteiger partial charge in [0.15, 0.2) is 0 Å². The molecular formula is C25H33ClN4O7S. The van der Waals surface area contributed by atoms with Crippen molar-refractivity contribution in [3.05, 3.63) is 63.2 Å². The number of non-ortho nitro benzene ring substituents is 1. The Hall–Kier alpha value is -3.38. The number of rotatable bonds is 11. The summed E-state index contributed by atoms with van der Waals surface area (Å²) in [7, 11) is -2.83. The number of nitrogens with one attached hydrogen (secondary N) is 1. The van der Waals surface area contributed by atoms with Crippen molar-refractivity contribution >= 4 is 44.8 Å². The molecule has 38 heavy (non-hydrogen) atoms. The third-order valence-electron chi connectivity index (χ3n) is 5.47. The van der Waals surface area contributed by atoms with E-state index in [4.69, 9.17) is 16.3 Å². The number of sulfonamides is 1. The van der Waals surface area contributed by atoms with E-state index in [0.717, 1.165) is 16.6 Å². The summed E-state index contributed by atoms with van der Waals surface area (Å²) in [5.41, 5.74) is -0.454. The van der Waals surface area contributed by atoms with E-state index in [1.54, 1.807) is 31.2 Å². The first-order chi connectivity index (χ1) is 17.6. The predicted molar refractivity (Wildman–Crippen MR) is 146 cm³/mol. The lowest BCUT2D eigenvalue weighted by molar-refractivity contribution is -0.384. The number of benzene rings is 2. The number of hydrogen-bond acceptors (Lipinski definition) is 7. The van der Waals surface area contributed by atoms with Crippen LogP contribution in [-0.4, -0.2) is 61.5 Å². The summed E-state index contributed by atoms with van der Waals surface area (Å²) in [6.07, 6.45) is 1.13. The molecule has 1 unspecified atom stereocenters. The van der Waals surface area contributed by atoms with Crippen LogP contribution in [-0.2, 0) is 26.2 Å². The largest absolute Gasteiger partial charge is 0.495 e. The minimum Gasteiger partial charge on any atom is -0.495 e. The summed E-state index contributed by atoms with van der Waals surface area (Å²) in [4.78, 5) is 39.0. The number of nitrogens with zero attached hydrogens (tertiary/aromatic N) is 3. The maximum Gasteiger partial charge on any atom is 0.271 e. The summed E-state index contributed by atoms with van der Waals surface area (Å²) < 4.78 is 31.6.